The predicted octanol–water partition coefficient (Wildman–Crippen LogP) is 2.74. The topological polar surface area (TPSA) is 133 Å². The molecule has 0 aromatic carbocycles. The van der Waals surface area contributed by atoms with E-state index in [1.807, 2.05) is 19.9 Å². The van der Waals surface area contributed by atoms with Crippen molar-refractivity contribution in [3.05, 3.63) is 24.2 Å². The van der Waals surface area contributed by atoms with Crippen LogP contribution in [0.4, 0.5) is 11.8 Å². The SMILES string of the molecule is CCC(C)Nc1nc(C)c(-c2nc3cnccc3s2)c(NC2(O)CCC(C=O)C2O)n1. The van der Waals surface area contributed by atoms with Crippen LogP contribution >= 0.6 is 11.3 Å². The molecule has 3 aromatic rings. The number of fused-ring (bicyclic) bond motifs is 1. The van der Waals surface area contributed by atoms with E-state index in [4.69, 9.17) is 0 Å². The first-order chi connectivity index (χ1) is 14.8. The lowest BCUT2D eigenvalue weighted by atomic mass is 10.0. The second-order valence-corrected chi connectivity index (χ2v) is 9.04. The van der Waals surface area contributed by atoms with Crippen LogP contribution < -0.4 is 10.6 Å². The smallest absolute Gasteiger partial charge is 0.225 e. The van der Waals surface area contributed by atoms with Crippen LogP contribution in [0.5, 0.6) is 0 Å². The molecule has 4 rings (SSSR count). The second kappa shape index (κ2) is 8.45. The molecule has 0 amide bonds. The van der Waals surface area contributed by atoms with Crippen molar-refractivity contribution in [2.45, 2.75) is 57.9 Å². The van der Waals surface area contributed by atoms with Crippen molar-refractivity contribution in [1.29, 1.82) is 0 Å². The van der Waals surface area contributed by atoms with Gasteiger partial charge in [-0.25, -0.2) is 9.97 Å². The van der Waals surface area contributed by atoms with Gasteiger partial charge in [-0.1, -0.05) is 6.92 Å². The number of aliphatic hydroxyl groups is 2. The zero-order valence-electron chi connectivity index (χ0n) is 17.7. The molecule has 164 valence electrons. The van der Waals surface area contributed by atoms with Crippen molar-refractivity contribution < 1.29 is 15.0 Å². The van der Waals surface area contributed by atoms with Gasteiger partial charge in [-0.05, 0) is 39.2 Å². The van der Waals surface area contributed by atoms with E-state index in [0.717, 1.165) is 16.6 Å². The monoisotopic (exact) mass is 442 g/mol. The minimum absolute atomic E-state index is 0.159. The van der Waals surface area contributed by atoms with E-state index in [-0.39, 0.29) is 12.5 Å². The van der Waals surface area contributed by atoms with Crippen LogP contribution in [0, 0.1) is 12.8 Å². The fourth-order valence-corrected chi connectivity index (χ4v) is 4.75. The van der Waals surface area contributed by atoms with Crippen molar-refractivity contribution in [1.82, 2.24) is 19.9 Å². The Morgan fingerprint density at radius 2 is 2.19 bits per heavy atom. The lowest BCUT2D eigenvalue weighted by Crippen LogP contribution is -2.47. The van der Waals surface area contributed by atoms with Crippen LogP contribution in [-0.4, -0.2) is 54.3 Å². The standard InChI is InChI=1S/C21H26N6O3S/c1-4-11(2)23-20-24-12(3)16(19-25-14-9-22-8-6-15(14)31-19)18(26-20)27-21(30)7-5-13(10-28)17(21)29/h6,8-11,13,17,29-30H,4-5,7H2,1-3H3,(H2,23,24,26,27). The molecule has 1 saturated carbocycles. The van der Waals surface area contributed by atoms with Crippen molar-refractivity contribution >= 4 is 39.6 Å². The predicted molar refractivity (Wildman–Crippen MR) is 120 cm³/mol. The Labute approximate surface area is 184 Å². The van der Waals surface area contributed by atoms with Gasteiger partial charge in [0.05, 0.1) is 22.2 Å². The Morgan fingerprint density at radius 3 is 2.87 bits per heavy atom. The average molecular weight is 443 g/mol. The largest absolute Gasteiger partial charge is 0.387 e. The number of rotatable bonds is 7. The van der Waals surface area contributed by atoms with Crippen LogP contribution in [0.3, 0.4) is 0 Å². The fourth-order valence-electron chi connectivity index (χ4n) is 3.72. The number of pyridine rings is 1. The van der Waals surface area contributed by atoms with E-state index in [1.54, 1.807) is 12.4 Å². The molecule has 3 heterocycles. The van der Waals surface area contributed by atoms with Crippen LogP contribution in [0.1, 0.15) is 38.8 Å². The maximum Gasteiger partial charge on any atom is 0.225 e. The molecule has 31 heavy (non-hydrogen) atoms. The Bertz CT molecular complexity index is 1070. The second-order valence-electron chi connectivity index (χ2n) is 8.00. The molecule has 0 bridgehead atoms. The van der Waals surface area contributed by atoms with Crippen molar-refractivity contribution in [3.8, 4) is 10.6 Å². The summed E-state index contributed by atoms with van der Waals surface area (Å²) < 4.78 is 0.970. The Hall–Kier alpha value is -2.69. The van der Waals surface area contributed by atoms with Gasteiger partial charge in [0.25, 0.3) is 0 Å². The number of thiazole rings is 1. The van der Waals surface area contributed by atoms with Gasteiger partial charge < -0.3 is 25.6 Å². The highest BCUT2D eigenvalue weighted by atomic mass is 32.1. The third-order valence-corrected chi connectivity index (χ3v) is 6.80. The Morgan fingerprint density at radius 1 is 1.39 bits per heavy atom. The van der Waals surface area contributed by atoms with Gasteiger partial charge in [-0.3, -0.25) is 4.98 Å². The molecule has 4 atom stereocenters. The molecule has 0 saturated heterocycles. The number of hydrogen-bond acceptors (Lipinski definition) is 10. The van der Waals surface area contributed by atoms with Crippen molar-refractivity contribution in [2.24, 2.45) is 5.92 Å². The van der Waals surface area contributed by atoms with Gasteiger partial charge in [0.15, 0.2) is 5.72 Å². The zero-order valence-corrected chi connectivity index (χ0v) is 18.5. The average Bonchev–Trinajstić information content (AvgIpc) is 3.28. The summed E-state index contributed by atoms with van der Waals surface area (Å²) in [6, 6.07) is 2.05. The first-order valence-electron chi connectivity index (χ1n) is 10.3. The highest BCUT2D eigenvalue weighted by Crippen LogP contribution is 2.40. The lowest BCUT2D eigenvalue weighted by Gasteiger charge is -2.30. The maximum atomic E-state index is 11.3. The summed E-state index contributed by atoms with van der Waals surface area (Å²) in [6.07, 6.45) is 4.35. The molecule has 1 aliphatic rings. The summed E-state index contributed by atoms with van der Waals surface area (Å²) in [4.78, 5) is 29.3. The number of nitrogens with one attached hydrogen (secondary N) is 2. The van der Waals surface area contributed by atoms with Gasteiger partial charge in [0.2, 0.25) is 5.95 Å². The molecule has 10 heteroatoms. The molecule has 0 aliphatic heterocycles. The van der Waals surface area contributed by atoms with E-state index in [1.165, 1.54) is 11.3 Å². The highest BCUT2D eigenvalue weighted by molar-refractivity contribution is 7.21. The van der Waals surface area contributed by atoms with E-state index in [0.29, 0.717) is 40.7 Å². The van der Waals surface area contributed by atoms with Gasteiger partial charge in [-0.15, -0.1) is 11.3 Å². The van der Waals surface area contributed by atoms with E-state index < -0.39 is 17.7 Å². The number of aldehydes is 1. The van der Waals surface area contributed by atoms with E-state index in [9.17, 15) is 15.0 Å². The Balaban J connectivity index is 1.80. The number of hydrogen-bond donors (Lipinski definition) is 4. The number of aryl methyl sites for hydroxylation is 1. The molecule has 0 radical (unpaired) electrons. The van der Waals surface area contributed by atoms with Gasteiger partial charge >= 0.3 is 0 Å². The van der Waals surface area contributed by atoms with Crippen LogP contribution in [0.2, 0.25) is 0 Å². The summed E-state index contributed by atoms with van der Waals surface area (Å²) in [5.74, 6) is 0.150. The molecular weight excluding hydrogens is 416 g/mol. The number of carbonyl (C=O) groups excluding carboxylic acids is 1. The van der Waals surface area contributed by atoms with Gasteiger partial charge in [-0.2, -0.15) is 4.98 Å². The molecule has 4 N–H and O–H groups in total. The molecule has 1 fully saturated rings. The third-order valence-electron chi connectivity index (χ3n) is 5.74. The van der Waals surface area contributed by atoms with Gasteiger partial charge in [0.1, 0.15) is 28.7 Å². The van der Waals surface area contributed by atoms with Gasteiger partial charge in [0, 0.05) is 18.2 Å². The Kier molecular flexibility index (Phi) is 5.87. The lowest BCUT2D eigenvalue weighted by molar-refractivity contribution is -0.117. The normalized spacial score (nSPS) is 24.3. The van der Waals surface area contributed by atoms with Crippen LogP contribution in [0.25, 0.3) is 20.8 Å². The van der Waals surface area contributed by atoms with E-state index >= 15 is 0 Å². The summed E-state index contributed by atoms with van der Waals surface area (Å²) in [5.41, 5.74) is 0.409. The molecule has 9 nitrogen and oxygen atoms in total. The first-order valence-corrected chi connectivity index (χ1v) is 11.2. The minimum Gasteiger partial charge on any atom is -0.387 e. The molecule has 1 aliphatic carbocycles. The number of carbonyl (C=O) groups is 1. The summed E-state index contributed by atoms with van der Waals surface area (Å²) in [5, 5.41) is 28.6. The quantitative estimate of drug-likeness (QED) is 0.322. The minimum atomic E-state index is -1.67. The first kappa shape index (κ1) is 21.5. The third kappa shape index (κ3) is 4.10. The maximum absolute atomic E-state index is 11.3. The number of aliphatic hydroxyl groups excluding tert-OH is 1. The molecular formula is C21H26N6O3S. The molecule has 4 unspecified atom stereocenters. The van der Waals surface area contributed by atoms with Crippen molar-refractivity contribution in [3.63, 3.8) is 0 Å². The summed E-state index contributed by atoms with van der Waals surface area (Å²) >= 11 is 1.47. The van der Waals surface area contributed by atoms with Crippen LogP contribution in [0.15, 0.2) is 18.5 Å². The highest BCUT2D eigenvalue weighted by Gasteiger charge is 2.47. The number of aromatic nitrogens is 4. The number of nitrogens with zero attached hydrogens (tertiary/aromatic N) is 4. The summed E-state index contributed by atoms with van der Waals surface area (Å²) in [6.45, 7) is 5.95. The molecule has 3 aromatic heterocycles. The number of anilines is 2. The fraction of sp³-hybridized carbons (Fsp3) is 0.476. The summed E-state index contributed by atoms with van der Waals surface area (Å²) in [7, 11) is 0. The zero-order chi connectivity index (χ0) is 22.2. The van der Waals surface area contributed by atoms with Crippen LogP contribution in [-0.2, 0) is 4.79 Å². The molecule has 0 spiro atoms. The van der Waals surface area contributed by atoms with E-state index in [2.05, 4.69) is 37.5 Å². The van der Waals surface area contributed by atoms with Crippen molar-refractivity contribution in [2.75, 3.05) is 10.6 Å².